The summed E-state index contributed by atoms with van der Waals surface area (Å²) in [4.78, 5) is 2.37. The lowest BCUT2D eigenvalue weighted by atomic mass is 9.70. The molecule has 1 heterocycles. The van der Waals surface area contributed by atoms with E-state index in [-0.39, 0.29) is 5.41 Å². The minimum atomic E-state index is -0.339. The molecule has 0 radical (unpaired) electrons. The molecule has 0 fully saturated rings. The van der Waals surface area contributed by atoms with Gasteiger partial charge in [0, 0.05) is 10.0 Å². The average Bonchev–Trinajstić information content (AvgIpc) is 3.34. The predicted octanol–water partition coefficient (Wildman–Crippen LogP) is 9.05. The van der Waals surface area contributed by atoms with Crippen molar-refractivity contribution >= 4 is 27.7 Å². The van der Waals surface area contributed by atoms with Gasteiger partial charge in [-0.15, -0.1) is 0 Å². The van der Waals surface area contributed by atoms with Crippen LogP contribution in [0.3, 0.4) is 0 Å². The first-order valence-corrected chi connectivity index (χ1v) is 13.0. The van der Waals surface area contributed by atoms with E-state index in [1.807, 2.05) is 17.8 Å². The Bertz CT molecular complexity index is 1690. The first-order chi connectivity index (χ1) is 16.8. The molecule has 5 aromatic rings. The van der Waals surface area contributed by atoms with Crippen molar-refractivity contribution in [2.45, 2.75) is 15.2 Å². The third kappa shape index (κ3) is 2.22. The summed E-state index contributed by atoms with van der Waals surface area (Å²) in [5.74, 6) is 1.87. The molecule has 1 nitrogen and oxygen atoms in total. The molecule has 5 aromatic carbocycles. The maximum absolute atomic E-state index is 6.40. The van der Waals surface area contributed by atoms with Gasteiger partial charge in [-0.3, -0.25) is 0 Å². The van der Waals surface area contributed by atoms with Gasteiger partial charge in [0.2, 0.25) is 0 Å². The average molecular weight is 517 g/mol. The van der Waals surface area contributed by atoms with Crippen LogP contribution in [-0.2, 0) is 5.41 Å². The van der Waals surface area contributed by atoms with E-state index in [1.54, 1.807) is 0 Å². The number of ether oxygens (including phenoxy) is 1. The SMILES string of the molecule is Brc1ccc2c(c1)C1(c3ccccc3-2)c2ccccc2-c2c1ccc1c2Sc2ccccc2O1. The number of hydrogen-bond donors (Lipinski definition) is 0. The largest absolute Gasteiger partial charge is 0.455 e. The Morgan fingerprint density at radius 3 is 2.18 bits per heavy atom. The van der Waals surface area contributed by atoms with E-state index in [4.69, 9.17) is 4.74 Å². The van der Waals surface area contributed by atoms with Gasteiger partial charge < -0.3 is 4.74 Å². The predicted molar refractivity (Wildman–Crippen MR) is 141 cm³/mol. The second kappa shape index (κ2) is 6.65. The monoisotopic (exact) mass is 516 g/mol. The molecule has 0 aromatic heterocycles. The van der Waals surface area contributed by atoms with Crippen LogP contribution in [0.5, 0.6) is 11.5 Å². The van der Waals surface area contributed by atoms with Crippen molar-refractivity contribution < 1.29 is 4.74 Å². The second-order valence-corrected chi connectivity index (χ2v) is 11.0. The normalized spacial score (nSPS) is 17.8. The van der Waals surface area contributed by atoms with E-state index in [9.17, 15) is 0 Å². The zero-order valence-corrected chi connectivity index (χ0v) is 20.4. The zero-order chi connectivity index (χ0) is 22.4. The molecule has 3 heteroatoms. The zero-order valence-electron chi connectivity index (χ0n) is 18.0. The lowest BCUT2D eigenvalue weighted by Crippen LogP contribution is -2.25. The number of fused-ring (bicyclic) bond motifs is 13. The second-order valence-electron chi connectivity index (χ2n) is 9.00. The number of benzene rings is 5. The van der Waals surface area contributed by atoms with Crippen molar-refractivity contribution in [3.05, 3.63) is 130 Å². The molecule has 3 aliphatic rings. The Morgan fingerprint density at radius 2 is 1.29 bits per heavy atom. The molecule has 0 N–H and O–H groups in total. The van der Waals surface area contributed by atoms with Gasteiger partial charge in [0.25, 0.3) is 0 Å². The highest BCUT2D eigenvalue weighted by molar-refractivity contribution is 9.10. The molecular formula is C31H17BrOS. The van der Waals surface area contributed by atoms with E-state index >= 15 is 0 Å². The van der Waals surface area contributed by atoms with Gasteiger partial charge in [-0.1, -0.05) is 100 Å². The minimum Gasteiger partial charge on any atom is -0.455 e. The van der Waals surface area contributed by atoms with Crippen molar-refractivity contribution in [1.82, 2.24) is 0 Å². The maximum atomic E-state index is 6.40. The molecule has 34 heavy (non-hydrogen) atoms. The van der Waals surface area contributed by atoms with Crippen LogP contribution < -0.4 is 4.74 Å². The van der Waals surface area contributed by atoms with Crippen molar-refractivity contribution in [3.63, 3.8) is 0 Å². The number of rotatable bonds is 0. The summed E-state index contributed by atoms with van der Waals surface area (Å²) < 4.78 is 7.50. The van der Waals surface area contributed by atoms with Gasteiger partial charge in [-0.25, -0.2) is 0 Å². The Morgan fingerprint density at radius 1 is 0.588 bits per heavy atom. The molecule has 2 aliphatic carbocycles. The molecule has 1 unspecified atom stereocenters. The van der Waals surface area contributed by atoms with Gasteiger partial charge in [-0.05, 0) is 69.3 Å². The standard InChI is InChI=1S/C31H17BrOS/c32-18-13-14-20-19-7-1-3-9-22(19)31(25(20)17-18)23-10-4-2-8-21(23)29-24(31)15-16-27-30(29)34-28-12-6-5-11-26(28)33-27/h1-17H. The molecule has 160 valence electrons. The molecule has 8 rings (SSSR count). The minimum absolute atomic E-state index is 0.339. The van der Waals surface area contributed by atoms with Crippen LogP contribution in [0.4, 0.5) is 0 Å². The van der Waals surface area contributed by atoms with Crippen LogP contribution in [0.15, 0.2) is 117 Å². The Hall–Kier alpha value is -3.27. The van der Waals surface area contributed by atoms with Crippen LogP contribution in [0.2, 0.25) is 0 Å². The smallest absolute Gasteiger partial charge is 0.142 e. The summed E-state index contributed by atoms with van der Waals surface area (Å²) in [6.07, 6.45) is 0. The fraction of sp³-hybridized carbons (Fsp3) is 0.0323. The van der Waals surface area contributed by atoms with Crippen molar-refractivity contribution in [1.29, 1.82) is 0 Å². The van der Waals surface area contributed by atoms with Crippen LogP contribution in [0, 0.1) is 0 Å². The highest BCUT2D eigenvalue weighted by atomic mass is 79.9. The Balaban J connectivity index is 1.52. The van der Waals surface area contributed by atoms with Crippen LogP contribution in [-0.4, -0.2) is 0 Å². The van der Waals surface area contributed by atoms with Crippen molar-refractivity contribution in [2.24, 2.45) is 0 Å². The summed E-state index contributed by atoms with van der Waals surface area (Å²) in [5, 5.41) is 0. The van der Waals surface area contributed by atoms with Crippen LogP contribution in [0.1, 0.15) is 22.3 Å². The quantitative estimate of drug-likeness (QED) is 0.198. The topological polar surface area (TPSA) is 9.23 Å². The van der Waals surface area contributed by atoms with Crippen molar-refractivity contribution in [2.75, 3.05) is 0 Å². The molecule has 0 saturated carbocycles. The van der Waals surface area contributed by atoms with Crippen LogP contribution >= 0.6 is 27.7 Å². The Labute approximate surface area is 210 Å². The summed E-state index contributed by atoms with van der Waals surface area (Å²) in [7, 11) is 0. The number of para-hydroxylation sites is 1. The fourth-order valence-corrected chi connectivity index (χ4v) is 7.65. The molecule has 1 spiro atoms. The molecule has 0 bridgehead atoms. The van der Waals surface area contributed by atoms with E-state index in [2.05, 4.69) is 113 Å². The summed E-state index contributed by atoms with van der Waals surface area (Å²) in [5.41, 5.74) is 10.3. The maximum Gasteiger partial charge on any atom is 0.142 e. The van der Waals surface area contributed by atoms with Gasteiger partial charge in [-0.2, -0.15) is 0 Å². The molecule has 1 atom stereocenters. The van der Waals surface area contributed by atoms with E-state index in [0.29, 0.717) is 0 Å². The third-order valence-electron chi connectivity index (χ3n) is 7.41. The highest BCUT2D eigenvalue weighted by Gasteiger charge is 2.52. The van der Waals surface area contributed by atoms with E-state index < -0.39 is 0 Å². The lowest BCUT2D eigenvalue weighted by Gasteiger charge is -2.31. The highest BCUT2D eigenvalue weighted by Crippen LogP contribution is 2.66. The molecular weight excluding hydrogens is 500 g/mol. The number of halogens is 1. The summed E-state index contributed by atoms with van der Waals surface area (Å²) >= 11 is 5.60. The molecule has 1 aliphatic heterocycles. The van der Waals surface area contributed by atoms with Crippen molar-refractivity contribution in [3.8, 4) is 33.8 Å². The van der Waals surface area contributed by atoms with Gasteiger partial charge in [0.05, 0.1) is 15.2 Å². The summed E-state index contributed by atoms with van der Waals surface area (Å²) in [6, 6.07) is 37.4. The lowest BCUT2D eigenvalue weighted by molar-refractivity contribution is 0.454. The van der Waals surface area contributed by atoms with Crippen LogP contribution in [0.25, 0.3) is 22.3 Å². The third-order valence-corrected chi connectivity index (χ3v) is 9.07. The Kier molecular flexibility index (Phi) is 3.73. The molecule has 0 amide bonds. The van der Waals surface area contributed by atoms with Gasteiger partial charge in [0.15, 0.2) is 0 Å². The first kappa shape index (κ1) is 19.1. The van der Waals surface area contributed by atoms with E-state index in [1.165, 1.54) is 49.4 Å². The summed E-state index contributed by atoms with van der Waals surface area (Å²) in [6.45, 7) is 0. The first-order valence-electron chi connectivity index (χ1n) is 11.4. The van der Waals surface area contributed by atoms with E-state index in [0.717, 1.165) is 20.9 Å². The fourth-order valence-electron chi connectivity index (χ4n) is 6.18. The number of hydrogen-bond acceptors (Lipinski definition) is 2. The molecule has 0 saturated heterocycles. The van der Waals surface area contributed by atoms with Gasteiger partial charge >= 0.3 is 0 Å². The van der Waals surface area contributed by atoms with Gasteiger partial charge in [0.1, 0.15) is 11.5 Å².